The van der Waals surface area contributed by atoms with Crippen LogP contribution in [0.15, 0.2) is 51.0 Å². The first-order valence-electron chi connectivity index (χ1n) is 10.2. The van der Waals surface area contributed by atoms with Crippen LogP contribution in [0.25, 0.3) is 11.1 Å². The lowest BCUT2D eigenvalue weighted by molar-refractivity contribution is -0.133. The van der Waals surface area contributed by atoms with Crippen LogP contribution >= 0.6 is 11.3 Å². The Morgan fingerprint density at radius 3 is 2.73 bits per heavy atom. The summed E-state index contributed by atoms with van der Waals surface area (Å²) in [7, 11) is 0. The third-order valence-corrected chi connectivity index (χ3v) is 7.38. The second-order valence-electron chi connectivity index (χ2n) is 8.22. The summed E-state index contributed by atoms with van der Waals surface area (Å²) in [6, 6.07) is 11.1. The summed E-state index contributed by atoms with van der Waals surface area (Å²) in [6.45, 7) is 1.81. The third-order valence-electron chi connectivity index (χ3n) is 6.50. The van der Waals surface area contributed by atoms with Gasteiger partial charge in [0.2, 0.25) is 11.8 Å². The van der Waals surface area contributed by atoms with E-state index in [4.69, 9.17) is 4.42 Å². The molecule has 5 rings (SSSR count). The van der Waals surface area contributed by atoms with E-state index in [9.17, 15) is 14.4 Å². The van der Waals surface area contributed by atoms with Gasteiger partial charge in [-0.3, -0.25) is 14.2 Å². The molecule has 1 saturated heterocycles. The number of piperidine rings is 1. The molecule has 156 valence electrons. The number of hydrogen-bond donors (Lipinski definition) is 1. The highest BCUT2D eigenvalue weighted by molar-refractivity contribution is 7.09. The summed E-state index contributed by atoms with van der Waals surface area (Å²) < 4.78 is 6.60. The molecule has 30 heavy (non-hydrogen) atoms. The summed E-state index contributed by atoms with van der Waals surface area (Å²) >= 11 is 1.64. The van der Waals surface area contributed by atoms with Crippen LogP contribution in [0.3, 0.4) is 0 Å². The molecule has 1 saturated carbocycles. The number of aromatic nitrogens is 1. The van der Waals surface area contributed by atoms with Gasteiger partial charge < -0.3 is 14.6 Å². The maximum Gasteiger partial charge on any atom is 0.420 e. The largest absolute Gasteiger partial charge is 0.420 e. The van der Waals surface area contributed by atoms with E-state index >= 15 is 0 Å². The van der Waals surface area contributed by atoms with Gasteiger partial charge in [-0.25, -0.2) is 4.79 Å². The van der Waals surface area contributed by atoms with Gasteiger partial charge in [0.15, 0.2) is 5.58 Å². The van der Waals surface area contributed by atoms with Crippen LogP contribution < -0.4 is 11.1 Å². The molecular weight excluding hydrogens is 402 g/mol. The minimum absolute atomic E-state index is 0.0203. The zero-order chi connectivity index (χ0) is 20.7. The molecule has 1 N–H and O–H groups in total. The molecule has 1 aromatic carbocycles. The Hall–Kier alpha value is -2.87. The Morgan fingerprint density at radius 1 is 1.17 bits per heavy atom. The molecule has 1 atom stereocenters. The predicted octanol–water partition coefficient (Wildman–Crippen LogP) is 2.60. The number of nitrogens with zero attached hydrogens (tertiary/aromatic N) is 2. The molecule has 3 aromatic rings. The van der Waals surface area contributed by atoms with Crippen LogP contribution in [0, 0.1) is 11.3 Å². The predicted molar refractivity (Wildman–Crippen MR) is 113 cm³/mol. The van der Waals surface area contributed by atoms with Crippen LogP contribution in [-0.4, -0.2) is 34.4 Å². The van der Waals surface area contributed by atoms with Gasteiger partial charge in [0.25, 0.3) is 0 Å². The Bertz CT molecular complexity index is 1140. The van der Waals surface area contributed by atoms with Crippen LogP contribution in [0.5, 0.6) is 0 Å². The number of carbonyl (C=O) groups excluding carboxylic acids is 2. The van der Waals surface area contributed by atoms with Crippen molar-refractivity contribution in [2.45, 2.75) is 32.4 Å². The quantitative estimate of drug-likeness (QED) is 0.681. The summed E-state index contributed by atoms with van der Waals surface area (Å²) in [4.78, 5) is 40.4. The number of thiophene rings is 1. The number of likely N-dealkylation sites (tertiary alicyclic amines) is 1. The van der Waals surface area contributed by atoms with E-state index in [1.807, 2.05) is 23.6 Å². The molecule has 0 bridgehead atoms. The van der Waals surface area contributed by atoms with Crippen molar-refractivity contribution in [1.82, 2.24) is 14.8 Å². The first-order chi connectivity index (χ1) is 14.6. The number of amides is 2. The highest BCUT2D eigenvalue weighted by Crippen LogP contribution is 2.59. The van der Waals surface area contributed by atoms with Crippen molar-refractivity contribution < 1.29 is 14.0 Å². The second kappa shape index (κ2) is 7.43. The van der Waals surface area contributed by atoms with Gasteiger partial charge in [-0.1, -0.05) is 18.2 Å². The highest BCUT2D eigenvalue weighted by atomic mass is 32.1. The van der Waals surface area contributed by atoms with Crippen molar-refractivity contribution in [2.75, 3.05) is 13.1 Å². The van der Waals surface area contributed by atoms with Crippen LogP contribution in [0.4, 0.5) is 0 Å². The molecule has 1 aliphatic heterocycles. The van der Waals surface area contributed by atoms with Gasteiger partial charge >= 0.3 is 5.76 Å². The van der Waals surface area contributed by atoms with Gasteiger partial charge in [-0.2, -0.15) is 0 Å². The number of oxazole rings is 1. The molecule has 2 aliphatic rings. The Balaban J connectivity index is 1.16. The lowest BCUT2D eigenvalue weighted by atomic mass is 9.90. The normalized spacial score (nSPS) is 19.9. The van der Waals surface area contributed by atoms with Gasteiger partial charge in [0.1, 0.15) is 6.54 Å². The minimum Gasteiger partial charge on any atom is -0.408 e. The average Bonchev–Trinajstić information content (AvgIpc) is 3.09. The maximum atomic E-state index is 12.8. The maximum absolute atomic E-state index is 12.8. The molecule has 2 amide bonds. The lowest BCUT2D eigenvalue weighted by Crippen LogP contribution is -2.42. The lowest BCUT2D eigenvalue weighted by Gasteiger charge is -2.33. The smallest absolute Gasteiger partial charge is 0.408 e. The molecule has 1 spiro atoms. The molecule has 8 heteroatoms. The van der Waals surface area contributed by atoms with E-state index in [1.165, 1.54) is 4.57 Å². The molecule has 2 fully saturated rings. The first kappa shape index (κ1) is 19.1. The highest BCUT2D eigenvalue weighted by Gasteiger charge is 2.58. The second-order valence-corrected chi connectivity index (χ2v) is 9.25. The number of benzene rings is 1. The third kappa shape index (κ3) is 3.45. The van der Waals surface area contributed by atoms with Gasteiger partial charge in [-0.15, -0.1) is 11.3 Å². The van der Waals surface area contributed by atoms with Gasteiger partial charge in [0.05, 0.1) is 12.1 Å². The van der Waals surface area contributed by atoms with Crippen molar-refractivity contribution in [3.8, 4) is 0 Å². The topological polar surface area (TPSA) is 84.5 Å². The van der Waals surface area contributed by atoms with E-state index in [1.54, 1.807) is 34.4 Å². The number of carbonyl (C=O) groups is 2. The van der Waals surface area contributed by atoms with Crippen molar-refractivity contribution in [2.24, 2.45) is 11.3 Å². The molecule has 7 nitrogen and oxygen atoms in total. The summed E-state index contributed by atoms with van der Waals surface area (Å²) in [5.41, 5.74) is 1.16. The Kier molecular flexibility index (Phi) is 4.73. The number of nitrogens with one attached hydrogen (secondary N) is 1. The van der Waals surface area contributed by atoms with E-state index in [0.717, 1.165) is 24.1 Å². The fourth-order valence-corrected chi connectivity index (χ4v) is 5.23. The number of rotatable bonds is 5. The molecular formula is C22H23N3O4S. The van der Waals surface area contributed by atoms with E-state index in [-0.39, 0.29) is 29.7 Å². The van der Waals surface area contributed by atoms with Gasteiger partial charge in [-0.05, 0) is 48.3 Å². The summed E-state index contributed by atoms with van der Waals surface area (Å²) in [5, 5.41) is 5.06. The van der Waals surface area contributed by atoms with Crippen molar-refractivity contribution in [3.63, 3.8) is 0 Å². The van der Waals surface area contributed by atoms with Crippen molar-refractivity contribution in [1.29, 1.82) is 0 Å². The number of fused-ring (bicyclic) bond motifs is 1. The van der Waals surface area contributed by atoms with Crippen LogP contribution in [-0.2, 0) is 22.7 Å². The van der Waals surface area contributed by atoms with Crippen LogP contribution in [0.2, 0.25) is 0 Å². The molecule has 0 radical (unpaired) electrons. The summed E-state index contributed by atoms with van der Waals surface area (Å²) in [6.07, 6.45) is 2.56. The average molecular weight is 426 g/mol. The fourth-order valence-electron chi connectivity index (χ4n) is 4.58. The fraction of sp³-hybridized carbons (Fsp3) is 0.409. The number of para-hydroxylation sites is 2. The molecule has 3 heterocycles. The van der Waals surface area contributed by atoms with Crippen molar-refractivity contribution >= 4 is 34.3 Å². The van der Waals surface area contributed by atoms with E-state index in [0.29, 0.717) is 30.7 Å². The van der Waals surface area contributed by atoms with E-state index < -0.39 is 5.76 Å². The molecule has 0 unspecified atom stereocenters. The minimum atomic E-state index is -0.511. The number of hydrogen-bond acceptors (Lipinski definition) is 5. The SMILES string of the molecule is O=C(NCc1cccs1)[C@H]1CC12CCN(C(=O)Cn1c(=O)oc3ccccc31)CC2. The Morgan fingerprint density at radius 2 is 1.97 bits per heavy atom. The standard InChI is InChI=1S/C22H23N3O4S/c26-19(14-25-17-5-1-2-6-18(17)29-21(25)28)24-9-7-22(8-10-24)12-16(22)20(27)23-13-15-4-3-11-30-15/h1-6,11,16H,7-10,12-14H2,(H,23,27)/t16-/m1/s1. The van der Waals surface area contributed by atoms with Crippen LogP contribution in [0.1, 0.15) is 24.1 Å². The monoisotopic (exact) mass is 425 g/mol. The first-order valence-corrected chi connectivity index (χ1v) is 11.1. The van der Waals surface area contributed by atoms with Crippen molar-refractivity contribution in [3.05, 3.63) is 57.2 Å². The zero-order valence-electron chi connectivity index (χ0n) is 16.5. The molecule has 1 aliphatic carbocycles. The van der Waals surface area contributed by atoms with E-state index in [2.05, 4.69) is 5.32 Å². The molecule has 2 aromatic heterocycles. The zero-order valence-corrected chi connectivity index (χ0v) is 17.3. The Labute approximate surface area is 177 Å². The summed E-state index contributed by atoms with van der Waals surface area (Å²) in [5.74, 6) is -0.421. The van der Waals surface area contributed by atoms with Gasteiger partial charge in [0, 0.05) is 23.9 Å².